The summed E-state index contributed by atoms with van der Waals surface area (Å²) in [5.41, 5.74) is 6.94. The van der Waals surface area contributed by atoms with Gasteiger partial charge in [0, 0.05) is 6.54 Å². The van der Waals surface area contributed by atoms with Crippen LogP contribution in [0.1, 0.15) is 24.8 Å². The van der Waals surface area contributed by atoms with Crippen molar-refractivity contribution < 1.29 is 9.47 Å². The molecule has 0 aromatic heterocycles. The van der Waals surface area contributed by atoms with Crippen LogP contribution >= 0.6 is 24.0 Å². The molecule has 1 aromatic carbocycles. The van der Waals surface area contributed by atoms with E-state index in [1.54, 1.807) is 14.2 Å². The zero-order valence-corrected chi connectivity index (χ0v) is 16.9. The van der Waals surface area contributed by atoms with Crippen LogP contribution in [0.25, 0.3) is 0 Å². The summed E-state index contributed by atoms with van der Waals surface area (Å²) in [5, 5.41) is 3.17. The molecule has 1 aliphatic rings. The molecule has 24 heavy (non-hydrogen) atoms. The first-order valence-electron chi connectivity index (χ1n) is 8.20. The van der Waals surface area contributed by atoms with Gasteiger partial charge in [-0.3, -0.25) is 0 Å². The summed E-state index contributed by atoms with van der Waals surface area (Å²) >= 11 is 0. The molecule has 1 aliphatic heterocycles. The number of nitrogens with two attached hydrogens (primary N) is 1. The van der Waals surface area contributed by atoms with Crippen LogP contribution in [-0.4, -0.2) is 51.3 Å². The zero-order chi connectivity index (χ0) is 16.5. The topological polar surface area (TPSA) is 72.1 Å². The number of ether oxygens (including phenoxy) is 2. The number of likely N-dealkylation sites (tertiary alicyclic amines) is 1. The lowest BCUT2D eigenvalue weighted by atomic mass is 10.2. The number of halogens is 1. The Morgan fingerprint density at radius 1 is 1.21 bits per heavy atom. The molecular formula is C17H29IN4O2. The fourth-order valence-corrected chi connectivity index (χ4v) is 2.74. The van der Waals surface area contributed by atoms with Gasteiger partial charge in [-0.1, -0.05) is 6.07 Å². The number of methoxy groups -OCH3 is 2. The number of nitrogens with zero attached hydrogens (tertiary/aromatic N) is 2. The number of hydrogen-bond acceptors (Lipinski definition) is 4. The molecule has 0 aliphatic carbocycles. The standard InChI is InChI=1S/C17H28N4O2.HI/c1-22-15-7-6-14(12-16(15)23-2)13-20-17(18)19-8-5-11-21-9-3-4-10-21;/h6-7,12H,3-5,8-11,13H2,1-2H3,(H3,18,19,20);1H. The maximum atomic E-state index is 5.91. The van der Waals surface area contributed by atoms with Crippen LogP contribution in [0.15, 0.2) is 23.2 Å². The monoisotopic (exact) mass is 448 g/mol. The van der Waals surface area contributed by atoms with Crippen LogP contribution in [0.2, 0.25) is 0 Å². The minimum atomic E-state index is 0. The molecule has 0 radical (unpaired) electrons. The molecule has 3 N–H and O–H groups in total. The van der Waals surface area contributed by atoms with Crippen LogP contribution in [0, 0.1) is 0 Å². The Kier molecular flexibility index (Phi) is 9.85. The third-order valence-electron chi connectivity index (χ3n) is 4.04. The van der Waals surface area contributed by atoms with Gasteiger partial charge < -0.3 is 25.4 Å². The van der Waals surface area contributed by atoms with Crippen molar-refractivity contribution in [3.8, 4) is 11.5 Å². The van der Waals surface area contributed by atoms with Crippen LogP contribution in [0.4, 0.5) is 0 Å². The van der Waals surface area contributed by atoms with Crippen molar-refractivity contribution in [3.05, 3.63) is 23.8 Å². The molecule has 1 fully saturated rings. The van der Waals surface area contributed by atoms with Crippen LogP contribution in [-0.2, 0) is 6.54 Å². The normalized spacial score (nSPS) is 15.0. The molecule has 1 aromatic rings. The van der Waals surface area contributed by atoms with Crippen molar-refractivity contribution in [1.29, 1.82) is 0 Å². The number of guanidine groups is 1. The number of rotatable bonds is 8. The lowest BCUT2D eigenvalue weighted by Gasteiger charge is -2.14. The molecule has 136 valence electrons. The zero-order valence-electron chi connectivity index (χ0n) is 14.6. The van der Waals surface area contributed by atoms with Crippen molar-refractivity contribution >= 4 is 29.9 Å². The second-order valence-electron chi connectivity index (χ2n) is 5.72. The van der Waals surface area contributed by atoms with Crippen molar-refractivity contribution in [1.82, 2.24) is 10.2 Å². The van der Waals surface area contributed by atoms with Gasteiger partial charge in [-0.2, -0.15) is 0 Å². The van der Waals surface area contributed by atoms with E-state index in [2.05, 4.69) is 15.2 Å². The Labute approximate surface area is 161 Å². The molecule has 2 rings (SSSR count). The van der Waals surface area contributed by atoms with E-state index in [0.717, 1.165) is 25.1 Å². The molecule has 1 heterocycles. The molecule has 6 nitrogen and oxygen atoms in total. The summed E-state index contributed by atoms with van der Waals surface area (Å²) in [4.78, 5) is 6.87. The summed E-state index contributed by atoms with van der Waals surface area (Å²) in [5.74, 6) is 1.91. The van der Waals surface area contributed by atoms with Crippen LogP contribution in [0.3, 0.4) is 0 Å². The minimum absolute atomic E-state index is 0. The Balaban J connectivity index is 0.00000288. The van der Waals surface area contributed by atoms with Crippen LogP contribution < -0.4 is 20.5 Å². The lowest BCUT2D eigenvalue weighted by molar-refractivity contribution is 0.334. The molecule has 0 saturated carbocycles. The Hall–Kier alpha value is -1.22. The fourth-order valence-electron chi connectivity index (χ4n) is 2.74. The molecule has 0 bridgehead atoms. The highest BCUT2D eigenvalue weighted by Gasteiger charge is 2.10. The molecule has 0 spiro atoms. The van der Waals surface area contributed by atoms with E-state index in [9.17, 15) is 0 Å². The smallest absolute Gasteiger partial charge is 0.188 e. The van der Waals surface area contributed by atoms with Gasteiger partial charge in [0.05, 0.1) is 20.8 Å². The third kappa shape index (κ3) is 6.72. The third-order valence-corrected chi connectivity index (χ3v) is 4.04. The van der Waals surface area contributed by atoms with E-state index in [1.165, 1.54) is 25.9 Å². The number of aliphatic imine (C=N–C) groups is 1. The maximum Gasteiger partial charge on any atom is 0.188 e. The largest absolute Gasteiger partial charge is 0.493 e. The van der Waals surface area contributed by atoms with E-state index in [1.807, 2.05) is 18.2 Å². The summed E-state index contributed by atoms with van der Waals surface area (Å²) in [6.45, 7) is 4.99. The first-order valence-corrected chi connectivity index (χ1v) is 8.20. The van der Waals surface area contributed by atoms with Crippen molar-refractivity contribution in [2.45, 2.75) is 25.8 Å². The average Bonchev–Trinajstić information content (AvgIpc) is 3.10. The quantitative estimate of drug-likeness (QED) is 0.276. The number of benzene rings is 1. The van der Waals surface area contributed by atoms with Gasteiger partial charge in [0.15, 0.2) is 17.5 Å². The summed E-state index contributed by atoms with van der Waals surface area (Å²) in [6.07, 6.45) is 3.76. The Bertz CT molecular complexity index is 519. The second-order valence-corrected chi connectivity index (χ2v) is 5.72. The first-order chi connectivity index (χ1) is 11.2. The molecule has 0 unspecified atom stereocenters. The molecule has 1 saturated heterocycles. The van der Waals surface area contributed by atoms with Gasteiger partial charge in [-0.15, -0.1) is 24.0 Å². The number of nitrogens with one attached hydrogen (secondary N) is 1. The van der Waals surface area contributed by atoms with Crippen molar-refractivity contribution in [3.63, 3.8) is 0 Å². The van der Waals surface area contributed by atoms with Gasteiger partial charge in [-0.05, 0) is 56.6 Å². The van der Waals surface area contributed by atoms with Gasteiger partial charge in [0.25, 0.3) is 0 Å². The fraction of sp³-hybridized carbons (Fsp3) is 0.588. The SMILES string of the molecule is COc1ccc(CN=C(N)NCCCN2CCCC2)cc1OC.I. The first kappa shape index (κ1) is 20.8. The van der Waals surface area contributed by atoms with Crippen molar-refractivity contribution in [2.24, 2.45) is 10.7 Å². The number of hydrogen-bond donors (Lipinski definition) is 2. The van der Waals surface area contributed by atoms with E-state index in [-0.39, 0.29) is 24.0 Å². The predicted octanol–water partition coefficient (Wildman–Crippen LogP) is 2.21. The Morgan fingerprint density at radius 3 is 2.58 bits per heavy atom. The average molecular weight is 448 g/mol. The highest BCUT2D eigenvalue weighted by atomic mass is 127. The van der Waals surface area contributed by atoms with Gasteiger partial charge in [0.2, 0.25) is 0 Å². The molecular weight excluding hydrogens is 419 g/mol. The predicted molar refractivity (Wildman–Crippen MR) is 109 cm³/mol. The van der Waals surface area contributed by atoms with Crippen molar-refractivity contribution in [2.75, 3.05) is 40.4 Å². The highest BCUT2D eigenvalue weighted by Crippen LogP contribution is 2.27. The maximum absolute atomic E-state index is 5.91. The lowest BCUT2D eigenvalue weighted by Crippen LogP contribution is -2.34. The highest BCUT2D eigenvalue weighted by molar-refractivity contribution is 14.0. The minimum Gasteiger partial charge on any atom is -0.493 e. The van der Waals surface area contributed by atoms with Gasteiger partial charge in [-0.25, -0.2) is 4.99 Å². The van der Waals surface area contributed by atoms with E-state index in [4.69, 9.17) is 15.2 Å². The molecule has 7 heteroatoms. The summed E-state index contributed by atoms with van der Waals surface area (Å²) < 4.78 is 10.5. The molecule has 0 amide bonds. The summed E-state index contributed by atoms with van der Waals surface area (Å²) in [6, 6.07) is 5.76. The second kappa shape index (κ2) is 11.4. The van der Waals surface area contributed by atoms with E-state index in [0.29, 0.717) is 24.0 Å². The Morgan fingerprint density at radius 2 is 1.92 bits per heavy atom. The van der Waals surface area contributed by atoms with E-state index < -0.39 is 0 Å². The van der Waals surface area contributed by atoms with E-state index >= 15 is 0 Å². The van der Waals surface area contributed by atoms with Crippen LogP contribution in [0.5, 0.6) is 11.5 Å². The van der Waals surface area contributed by atoms with Gasteiger partial charge in [0.1, 0.15) is 0 Å². The molecule has 0 atom stereocenters. The summed E-state index contributed by atoms with van der Waals surface area (Å²) in [7, 11) is 3.25. The van der Waals surface area contributed by atoms with Gasteiger partial charge >= 0.3 is 0 Å².